The van der Waals surface area contributed by atoms with Crippen LogP contribution < -0.4 is 44.2 Å². The van der Waals surface area contributed by atoms with Crippen molar-refractivity contribution in [3.63, 3.8) is 0 Å². The van der Waals surface area contributed by atoms with Crippen molar-refractivity contribution in [3.8, 4) is 0 Å². The van der Waals surface area contributed by atoms with Gasteiger partial charge in [0.2, 0.25) is 11.8 Å². The van der Waals surface area contributed by atoms with Crippen molar-refractivity contribution >= 4 is 91.4 Å². The van der Waals surface area contributed by atoms with Crippen LogP contribution in [0.3, 0.4) is 0 Å². The van der Waals surface area contributed by atoms with E-state index in [4.69, 9.17) is 22.9 Å². The SMILES string of the molecule is NCCSc1c(NC(=O)c2cccc(C(=O)Nc3cccc(NC(=O)[C@@H](N)Cc4ccc5ccccc5c4)c3SCCN)c2)cccc1NC(=O)[C@@H](N)Cc1ccc2ccccc2c1. The second kappa shape index (κ2) is 21.7. The molecule has 0 aliphatic rings. The summed E-state index contributed by atoms with van der Waals surface area (Å²) in [7, 11) is 0. The first-order valence-corrected chi connectivity index (χ1v) is 22.8. The number of thioether (sulfide) groups is 2. The van der Waals surface area contributed by atoms with Crippen molar-refractivity contribution in [2.45, 2.75) is 34.7 Å². The highest BCUT2D eigenvalue weighted by Crippen LogP contribution is 2.36. The van der Waals surface area contributed by atoms with Crippen LogP contribution in [0.4, 0.5) is 22.7 Å². The maximum Gasteiger partial charge on any atom is 0.255 e. The first-order chi connectivity index (χ1) is 31.1. The van der Waals surface area contributed by atoms with Gasteiger partial charge in [-0.2, -0.15) is 0 Å². The van der Waals surface area contributed by atoms with Crippen LogP contribution in [0.2, 0.25) is 0 Å². The van der Waals surface area contributed by atoms with E-state index < -0.39 is 23.9 Å². The van der Waals surface area contributed by atoms with E-state index in [1.807, 2.05) is 84.9 Å². The van der Waals surface area contributed by atoms with E-state index in [-0.39, 0.29) is 22.9 Å². The molecular weight excluding hydrogens is 841 g/mol. The number of amides is 4. The molecule has 0 bridgehead atoms. The zero-order chi connectivity index (χ0) is 45.0. The summed E-state index contributed by atoms with van der Waals surface area (Å²) in [6.45, 7) is 0.723. The van der Waals surface area contributed by atoms with Gasteiger partial charge >= 0.3 is 0 Å². The fourth-order valence-corrected chi connectivity index (χ4v) is 8.91. The van der Waals surface area contributed by atoms with Gasteiger partial charge in [-0.1, -0.05) is 103 Å². The van der Waals surface area contributed by atoms with E-state index in [0.717, 1.165) is 32.7 Å². The molecule has 2 atom stereocenters. The van der Waals surface area contributed by atoms with Crippen LogP contribution in [0, 0.1) is 0 Å². The van der Waals surface area contributed by atoms with Gasteiger partial charge in [-0.25, -0.2) is 0 Å². The molecule has 326 valence electrons. The molecule has 4 amide bonds. The smallest absolute Gasteiger partial charge is 0.255 e. The van der Waals surface area contributed by atoms with Crippen LogP contribution in [0.15, 0.2) is 155 Å². The maximum atomic E-state index is 13.8. The minimum absolute atomic E-state index is 0.230. The van der Waals surface area contributed by atoms with Crippen LogP contribution in [0.25, 0.3) is 21.5 Å². The summed E-state index contributed by atoms with van der Waals surface area (Å²) < 4.78 is 0. The number of hydrogen-bond donors (Lipinski definition) is 8. The topological polar surface area (TPSA) is 220 Å². The normalized spacial score (nSPS) is 12.1. The molecule has 0 unspecified atom stereocenters. The Balaban J connectivity index is 1.03. The quantitative estimate of drug-likeness (QED) is 0.0394. The molecule has 12 nitrogen and oxygen atoms in total. The third-order valence-corrected chi connectivity index (χ3v) is 12.7. The molecule has 7 aromatic rings. The van der Waals surface area contributed by atoms with Gasteiger partial charge in [0.25, 0.3) is 11.8 Å². The molecule has 0 spiro atoms. The molecule has 0 aromatic heterocycles. The van der Waals surface area contributed by atoms with Crippen LogP contribution in [-0.2, 0) is 22.4 Å². The number of rotatable bonds is 18. The second-order valence-corrected chi connectivity index (χ2v) is 17.3. The van der Waals surface area contributed by atoms with Gasteiger partial charge in [-0.15, -0.1) is 23.5 Å². The van der Waals surface area contributed by atoms with Gasteiger partial charge < -0.3 is 44.2 Å². The number of fused-ring (bicyclic) bond motifs is 2. The predicted molar refractivity (Wildman–Crippen MR) is 263 cm³/mol. The molecule has 12 N–H and O–H groups in total. The lowest BCUT2D eigenvalue weighted by molar-refractivity contribution is -0.118. The summed E-state index contributed by atoms with van der Waals surface area (Å²) in [6.07, 6.45) is 0.667. The predicted octanol–water partition coefficient (Wildman–Crippen LogP) is 7.62. The summed E-state index contributed by atoms with van der Waals surface area (Å²) >= 11 is 2.78. The van der Waals surface area contributed by atoms with Gasteiger partial charge in [-0.05, 0) is 88.0 Å². The third-order valence-electron chi connectivity index (χ3n) is 10.4. The van der Waals surface area contributed by atoms with Crippen LogP contribution in [0.1, 0.15) is 31.8 Å². The Kier molecular flexibility index (Phi) is 15.4. The molecule has 7 aromatic carbocycles. The molecule has 0 saturated carbocycles. The Labute approximate surface area is 380 Å². The molecule has 0 aliphatic carbocycles. The highest BCUT2D eigenvalue weighted by atomic mass is 32.2. The number of hydrogen-bond acceptors (Lipinski definition) is 10. The molecular formula is C50H50N8O4S2. The zero-order valence-electron chi connectivity index (χ0n) is 35.0. The average molecular weight is 891 g/mol. The van der Waals surface area contributed by atoms with Crippen molar-refractivity contribution in [1.29, 1.82) is 0 Å². The minimum atomic E-state index is -0.831. The van der Waals surface area contributed by atoms with Crippen molar-refractivity contribution in [2.75, 3.05) is 45.9 Å². The molecule has 14 heteroatoms. The van der Waals surface area contributed by atoms with E-state index in [1.165, 1.54) is 29.6 Å². The second-order valence-electron chi connectivity index (χ2n) is 15.1. The van der Waals surface area contributed by atoms with Crippen molar-refractivity contribution in [1.82, 2.24) is 0 Å². The van der Waals surface area contributed by atoms with Gasteiger partial charge in [0.1, 0.15) is 0 Å². The first kappa shape index (κ1) is 45.5. The monoisotopic (exact) mass is 890 g/mol. The lowest BCUT2D eigenvalue weighted by atomic mass is 10.0. The van der Waals surface area contributed by atoms with Gasteiger partial charge in [-0.3, -0.25) is 19.2 Å². The number of carbonyl (C=O) groups is 4. The van der Waals surface area contributed by atoms with Crippen LogP contribution in [-0.4, -0.2) is 60.3 Å². The Morgan fingerprint density at radius 2 is 0.812 bits per heavy atom. The minimum Gasteiger partial charge on any atom is -0.330 e. The lowest BCUT2D eigenvalue weighted by Crippen LogP contribution is -2.37. The number of nitrogens with one attached hydrogen (secondary N) is 4. The van der Waals surface area contributed by atoms with E-state index in [9.17, 15) is 19.2 Å². The average Bonchev–Trinajstić information content (AvgIpc) is 3.31. The van der Waals surface area contributed by atoms with Crippen LogP contribution in [0.5, 0.6) is 0 Å². The lowest BCUT2D eigenvalue weighted by Gasteiger charge is -2.18. The molecule has 0 fully saturated rings. The Morgan fingerprint density at radius 3 is 1.22 bits per heavy atom. The van der Waals surface area contributed by atoms with E-state index in [2.05, 4.69) is 21.3 Å². The molecule has 7 rings (SSSR count). The standard InChI is InChI=1S/C50H50N8O4S2/c51-22-24-63-45-41(14-6-16-43(45)57-49(61)39(53)28-31-18-20-33-8-1-3-10-35(33)26-31)55-47(59)37-12-5-13-38(30-37)48(60)56-42-15-7-17-44(46(42)64-25-23-52)58-50(62)40(54)29-32-19-21-34-9-2-4-11-36(34)27-32/h1-21,26-27,30,39-40H,22-25,28-29,51-54H2,(H,55,59)(H,56,60)(H,57,61)(H,58,62)/t39-,40-/m0/s1. The third kappa shape index (κ3) is 11.5. The van der Waals surface area contributed by atoms with E-state index in [0.29, 0.717) is 70.0 Å². The largest absolute Gasteiger partial charge is 0.330 e. The zero-order valence-corrected chi connectivity index (χ0v) is 36.6. The maximum absolute atomic E-state index is 13.8. The highest BCUT2D eigenvalue weighted by Gasteiger charge is 2.22. The fourth-order valence-electron chi connectivity index (χ4n) is 7.17. The molecule has 0 aliphatic heterocycles. The molecule has 64 heavy (non-hydrogen) atoms. The molecule has 0 heterocycles. The first-order valence-electron chi connectivity index (χ1n) is 20.8. The van der Waals surface area contributed by atoms with Gasteiger partial charge in [0.15, 0.2) is 0 Å². The Hall–Kier alpha value is -6.52. The summed E-state index contributed by atoms with van der Waals surface area (Å²) in [6, 6.07) is 43.1. The fraction of sp³-hybridized carbons (Fsp3) is 0.160. The van der Waals surface area contributed by atoms with Crippen LogP contribution >= 0.6 is 23.5 Å². The van der Waals surface area contributed by atoms with Crippen molar-refractivity contribution < 1.29 is 19.2 Å². The number of anilines is 4. The van der Waals surface area contributed by atoms with E-state index >= 15 is 0 Å². The van der Waals surface area contributed by atoms with Gasteiger partial charge in [0.05, 0.1) is 44.6 Å². The highest BCUT2D eigenvalue weighted by molar-refractivity contribution is 7.99. The Bertz CT molecular complexity index is 2630. The summed E-state index contributed by atoms with van der Waals surface area (Å²) in [5.74, 6) is -0.646. The molecule has 0 saturated heterocycles. The number of benzene rings is 7. The van der Waals surface area contributed by atoms with E-state index in [1.54, 1.807) is 54.6 Å². The van der Waals surface area contributed by atoms with Gasteiger partial charge in [0, 0.05) is 35.7 Å². The van der Waals surface area contributed by atoms with Crippen molar-refractivity contribution in [3.05, 3.63) is 168 Å². The molecule has 0 radical (unpaired) electrons. The number of carbonyl (C=O) groups excluding carboxylic acids is 4. The number of nitrogens with two attached hydrogens (primary N) is 4. The summed E-state index contributed by atoms with van der Waals surface area (Å²) in [4.78, 5) is 55.7. The summed E-state index contributed by atoms with van der Waals surface area (Å²) in [5, 5.41) is 16.2. The summed E-state index contributed by atoms with van der Waals surface area (Å²) in [5.41, 5.74) is 28.8. The Morgan fingerprint density at radius 1 is 0.438 bits per heavy atom. The van der Waals surface area contributed by atoms with Crippen molar-refractivity contribution in [2.24, 2.45) is 22.9 Å².